The van der Waals surface area contributed by atoms with Gasteiger partial charge in [-0.25, -0.2) is 8.99 Å². The Balaban J connectivity index is 2.95. The molecule has 0 spiro atoms. The van der Waals surface area contributed by atoms with Gasteiger partial charge < -0.3 is 5.11 Å². The standard InChI is InChI=1S/C9H11NO3S/c1-14(10,13)8-4-2-7(3-5-8)6-9(11)12/h2-5,10H,6H2,1H3,(H,11,12). The van der Waals surface area contributed by atoms with Crippen molar-refractivity contribution in [3.8, 4) is 0 Å². The number of aliphatic carboxylic acids is 1. The van der Waals surface area contributed by atoms with Crippen LogP contribution in [0.3, 0.4) is 0 Å². The average molecular weight is 213 g/mol. The van der Waals surface area contributed by atoms with Gasteiger partial charge in [-0.3, -0.25) is 4.79 Å². The van der Waals surface area contributed by atoms with E-state index in [0.29, 0.717) is 10.5 Å². The summed E-state index contributed by atoms with van der Waals surface area (Å²) in [6.45, 7) is 0. The summed E-state index contributed by atoms with van der Waals surface area (Å²) in [4.78, 5) is 10.8. The molecule has 0 saturated heterocycles. The van der Waals surface area contributed by atoms with E-state index in [4.69, 9.17) is 9.89 Å². The molecule has 76 valence electrons. The van der Waals surface area contributed by atoms with Crippen LogP contribution in [0.15, 0.2) is 29.2 Å². The fourth-order valence-corrected chi connectivity index (χ4v) is 1.70. The predicted molar refractivity (Wildman–Crippen MR) is 52.8 cm³/mol. The maximum Gasteiger partial charge on any atom is 0.307 e. The molecule has 0 amide bonds. The first-order chi connectivity index (χ1) is 6.39. The molecule has 2 N–H and O–H groups in total. The second kappa shape index (κ2) is 3.79. The Morgan fingerprint density at radius 3 is 2.29 bits per heavy atom. The number of hydrogen-bond donors (Lipinski definition) is 2. The average Bonchev–Trinajstić information content (AvgIpc) is 2.02. The maximum atomic E-state index is 11.3. The number of hydrogen-bond acceptors (Lipinski definition) is 3. The monoisotopic (exact) mass is 213 g/mol. The van der Waals surface area contributed by atoms with E-state index in [0.717, 1.165) is 0 Å². The van der Waals surface area contributed by atoms with Gasteiger partial charge in [-0.05, 0) is 17.7 Å². The van der Waals surface area contributed by atoms with Crippen LogP contribution in [-0.2, 0) is 20.9 Å². The van der Waals surface area contributed by atoms with Gasteiger partial charge in [-0.2, -0.15) is 0 Å². The molecule has 1 unspecified atom stereocenters. The molecule has 0 bridgehead atoms. The lowest BCUT2D eigenvalue weighted by Gasteiger charge is -2.01. The molecule has 0 aliphatic carbocycles. The summed E-state index contributed by atoms with van der Waals surface area (Å²) in [5.41, 5.74) is 0.643. The normalized spacial score (nSPS) is 14.6. The van der Waals surface area contributed by atoms with Crippen molar-refractivity contribution in [2.45, 2.75) is 11.3 Å². The highest BCUT2D eigenvalue weighted by atomic mass is 32.2. The second-order valence-corrected chi connectivity index (χ2v) is 5.22. The summed E-state index contributed by atoms with van der Waals surface area (Å²) in [7, 11) is -2.70. The molecule has 1 aromatic carbocycles. The quantitative estimate of drug-likeness (QED) is 0.795. The van der Waals surface area contributed by atoms with Crippen molar-refractivity contribution >= 4 is 15.7 Å². The first-order valence-corrected chi connectivity index (χ1v) is 5.91. The van der Waals surface area contributed by atoms with E-state index in [2.05, 4.69) is 0 Å². The number of benzene rings is 1. The first kappa shape index (κ1) is 10.7. The third-order valence-corrected chi connectivity index (χ3v) is 2.90. The SMILES string of the molecule is CS(=N)(=O)c1ccc(CC(=O)O)cc1. The predicted octanol–water partition coefficient (Wildman–Crippen LogP) is 1.35. The van der Waals surface area contributed by atoms with Gasteiger partial charge >= 0.3 is 5.97 Å². The Morgan fingerprint density at radius 2 is 1.93 bits per heavy atom. The van der Waals surface area contributed by atoms with Crippen LogP contribution >= 0.6 is 0 Å². The minimum atomic E-state index is -2.70. The van der Waals surface area contributed by atoms with Crippen molar-refractivity contribution in [3.63, 3.8) is 0 Å². The third kappa shape index (κ3) is 2.85. The lowest BCUT2D eigenvalue weighted by molar-refractivity contribution is -0.136. The first-order valence-electron chi connectivity index (χ1n) is 3.94. The van der Waals surface area contributed by atoms with Crippen molar-refractivity contribution in [1.82, 2.24) is 0 Å². The van der Waals surface area contributed by atoms with Crippen LogP contribution in [0, 0.1) is 4.78 Å². The lowest BCUT2D eigenvalue weighted by atomic mass is 10.2. The largest absolute Gasteiger partial charge is 0.481 e. The summed E-state index contributed by atoms with van der Waals surface area (Å²) in [6.07, 6.45) is 1.28. The zero-order valence-electron chi connectivity index (χ0n) is 7.69. The molecule has 0 aliphatic heterocycles. The Bertz CT molecular complexity index is 434. The number of carboxylic acid groups (broad SMARTS) is 1. The number of carboxylic acids is 1. The summed E-state index contributed by atoms with van der Waals surface area (Å²) in [6, 6.07) is 6.24. The highest BCUT2D eigenvalue weighted by Gasteiger charge is 2.04. The minimum Gasteiger partial charge on any atom is -0.481 e. The summed E-state index contributed by atoms with van der Waals surface area (Å²) in [5, 5.41) is 8.50. The van der Waals surface area contributed by atoms with Crippen molar-refractivity contribution < 1.29 is 14.1 Å². The van der Waals surface area contributed by atoms with Crippen molar-refractivity contribution in [2.24, 2.45) is 0 Å². The van der Waals surface area contributed by atoms with Crippen molar-refractivity contribution in [2.75, 3.05) is 6.26 Å². The topological polar surface area (TPSA) is 78.2 Å². The Labute approximate surface area is 82.6 Å². The van der Waals surface area contributed by atoms with Crippen molar-refractivity contribution in [1.29, 1.82) is 4.78 Å². The Morgan fingerprint density at radius 1 is 1.43 bits per heavy atom. The molecule has 1 atom stereocenters. The summed E-state index contributed by atoms with van der Waals surface area (Å²) < 4.78 is 18.6. The van der Waals surface area contributed by atoms with Crippen molar-refractivity contribution in [3.05, 3.63) is 29.8 Å². The van der Waals surface area contributed by atoms with Gasteiger partial charge in [-0.15, -0.1) is 0 Å². The molecule has 1 rings (SSSR count). The van der Waals surface area contributed by atoms with Gasteiger partial charge in [0.15, 0.2) is 0 Å². The van der Waals surface area contributed by atoms with E-state index in [1.807, 2.05) is 0 Å². The van der Waals surface area contributed by atoms with Crippen LogP contribution in [0.4, 0.5) is 0 Å². The molecule has 0 radical (unpaired) electrons. The zero-order chi connectivity index (χ0) is 10.8. The molecule has 0 saturated carbocycles. The van der Waals surface area contributed by atoms with Gasteiger partial charge in [0.25, 0.3) is 0 Å². The third-order valence-electron chi connectivity index (χ3n) is 1.73. The van der Waals surface area contributed by atoms with Crippen LogP contribution in [0.5, 0.6) is 0 Å². The Hall–Kier alpha value is -1.36. The molecule has 5 heteroatoms. The van der Waals surface area contributed by atoms with Gasteiger partial charge in [0.05, 0.1) is 16.1 Å². The minimum absolute atomic E-state index is 0.0524. The smallest absolute Gasteiger partial charge is 0.307 e. The van der Waals surface area contributed by atoms with Gasteiger partial charge in [-0.1, -0.05) is 12.1 Å². The van der Waals surface area contributed by atoms with Crippen LogP contribution < -0.4 is 0 Å². The summed E-state index contributed by atoms with van der Waals surface area (Å²) in [5.74, 6) is -0.902. The molecule has 0 aliphatic rings. The van der Waals surface area contributed by atoms with Gasteiger partial charge in [0.2, 0.25) is 0 Å². The van der Waals surface area contributed by atoms with E-state index >= 15 is 0 Å². The Kier molecular flexibility index (Phi) is 2.90. The van der Waals surface area contributed by atoms with E-state index in [1.54, 1.807) is 12.1 Å². The maximum absolute atomic E-state index is 11.3. The van der Waals surface area contributed by atoms with E-state index in [9.17, 15) is 9.00 Å². The van der Waals surface area contributed by atoms with Gasteiger partial charge in [0.1, 0.15) is 0 Å². The number of rotatable bonds is 3. The van der Waals surface area contributed by atoms with Crippen LogP contribution in [0.2, 0.25) is 0 Å². The van der Waals surface area contributed by atoms with E-state index in [1.165, 1.54) is 18.4 Å². The second-order valence-electron chi connectivity index (χ2n) is 3.06. The van der Waals surface area contributed by atoms with E-state index in [-0.39, 0.29) is 6.42 Å². The molecule has 0 heterocycles. The number of nitrogens with one attached hydrogen (secondary N) is 1. The molecular formula is C9H11NO3S. The molecular weight excluding hydrogens is 202 g/mol. The zero-order valence-corrected chi connectivity index (χ0v) is 8.50. The lowest BCUT2D eigenvalue weighted by Crippen LogP contribution is -2.00. The highest BCUT2D eigenvalue weighted by Crippen LogP contribution is 2.11. The summed E-state index contributed by atoms with van der Waals surface area (Å²) >= 11 is 0. The molecule has 0 fully saturated rings. The van der Waals surface area contributed by atoms with Crippen LogP contribution in [0.1, 0.15) is 5.56 Å². The molecule has 0 aromatic heterocycles. The van der Waals surface area contributed by atoms with Gasteiger partial charge in [0, 0.05) is 11.2 Å². The fourth-order valence-electron chi connectivity index (χ4n) is 1.04. The van der Waals surface area contributed by atoms with E-state index < -0.39 is 15.7 Å². The molecule has 4 nitrogen and oxygen atoms in total. The molecule has 14 heavy (non-hydrogen) atoms. The van der Waals surface area contributed by atoms with Crippen LogP contribution in [0.25, 0.3) is 0 Å². The van der Waals surface area contributed by atoms with Crippen LogP contribution in [-0.4, -0.2) is 21.5 Å². The fraction of sp³-hybridized carbons (Fsp3) is 0.222. The number of carbonyl (C=O) groups is 1. The molecule has 1 aromatic rings. The highest BCUT2D eigenvalue weighted by molar-refractivity contribution is 7.91.